The van der Waals surface area contributed by atoms with Crippen molar-refractivity contribution in [1.29, 1.82) is 0 Å². The fourth-order valence-corrected chi connectivity index (χ4v) is 2.89. The first-order chi connectivity index (χ1) is 9.83. The average Bonchev–Trinajstić information content (AvgIpc) is 3.16. The largest absolute Gasteiger partial charge is 0.381 e. The van der Waals surface area contributed by atoms with E-state index in [0.717, 1.165) is 30.9 Å². The van der Waals surface area contributed by atoms with Gasteiger partial charge in [0.2, 0.25) is 0 Å². The van der Waals surface area contributed by atoms with Crippen LogP contribution in [0.25, 0.3) is 10.6 Å². The van der Waals surface area contributed by atoms with Crippen LogP contribution in [-0.2, 0) is 4.74 Å². The third-order valence-electron chi connectivity index (χ3n) is 3.31. The van der Waals surface area contributed by atoms with E-state index in [1.165, 1.54) is 0 Å². The number of carbonyl (C=O) groups excluding carboxylic acids is 1. The van der Waals surface area contributed by atoms with Crippen molar-refractivity contribution in [2.24, 2.45) is 5.92 Å². The number of hydrogen-bond acceptors (Lipinski definition) is 5. The van der Waals surface area contributed by atoms with Gasteiger partial charge < -0.3 is 14.6 Å². The summed E-state index contributed by atoms with van der Waals surface area (Å²) in [6.45, 7) is 2.18. The van der Waals surface area contributed by atoms with Gasteiger partial charge in [0.05, 0.1) is 11.5 Å². The van der Waals surface area contributed by atoms with E-state index in [2.05, 4.69) is 10.5 Å². The van der Waals surface area contributed by atoms with Crippen LogP contribution in [0.4, 0.5) is 0 Å². The summed E-state index contributed by atoms with van der Waals surface area (Å²) in [5, 5.41) is 8.67. The smallest absolute Gasteiger partial charge is 0.273 e. The number of ether oxygens (including phenoxy) is 1. The third-order valence-corrected chi connectivity index (χ3v) is 4.20. The third kappa shape index (κ3) is 3.08. The molecule has 20 heavy (non-hydrogen) atoms. The fourth-order valence-electron chi connectivity index (χ4n) is 2.21. The minimum Gasteiger partial charge on any atom is -0.381 e. The summed E-state index contributed by atoms with van der Waals surface area (Å²) < 4.78 is 10.6. The van der Waals surface area contributed by atoms with E-state index in [1.54, 1.807) is 17.4 Å². The van der Waals surface area contributed by atoms with E-state index in [0.29, 0.717) is 23.9 Å². The van der Waals surface area contributed by atoms with E-state index < -0.39 is 0 Å². The molecule has 1 atom stereocenters. The van der Waals surface area contributed by atoms with Gasteiger partial charge in [0.1, 0.15) is 0 Å². The maximum atomic E-state index is 12.0. The number of carbonyl (C=O) groups is 1. The molecule has 0 aromatic carbocycles. The number of amides is 1. The van der Waals surface area contributed by atoms with Crippen molar-refractivity contribution < 1.29 is 14.1 Å². The molecule has 3 rings (SSSR count). The molecule has 0 radical (unpaired) electrons. The number of rotatable bonds is 4. The molecular weight excluding hydrogens is 276 g/mol. The number of nitrogens with zero attached hydrogens (tertiary/aromatic N) is 1. The molecule has 0 saturated carbocycles. The second kappa shape index (κ2) is 6.19. The summed E-state index contributed by atoms with van der Waals surface area (Å²) in [5.41, 5.74) is 0.324. The van der Waals surface area contributed by atoms with Crippen LogP contribution < -0.4 is 5.32 Å². The molecule has 1 N–H and O–H groups in total. The first-order valence-corrected chi connectivity index (χ1v) is 7.57. The van der Waals surface area contributed by atoms with Gasteiger partial charge in [-0.25, -0.2) is 0 Å². The van der Waals surface area contributed by atoms with E-state index >= 15 is 0 Å². The first kappa shape index (κ1) is 13.3. The van der Waals surface area contributed by atoms with Crippen LogP contribution in [0.5, 0.6) is 0 Å². The Morgan fingerprint density at radius 2 is 2.50 bits per heavy atom. The molecule has 1 aliphatic rings. The molecular formula is C14H16N2O3S. The molecule has 1 amide bonds. The lowest BCUT2D eigenvalue weighted by molar-refractivity contribution is 0.0535. The molecule has 0 spiro atoms. The summed E-state index contributed by atoms with van der Waals surface area (Å²) in [4.78, 5) is 13.0. The van der Waals surface area contributed by atoms with E-state index in [4.69, 9.17) is 9.26 Å². The van der Waals surface area contributed by atoms with E-state index in [-0.39, 0.29) is 5.91 Å². The summed E-state index contributed by atoms with van der Waals surface area (Å²) in [6, 6.07) is 5.55. The molecule has 3 heterocycles. The SMILES string of the molecule is O=C(NCC1CCCOC1)c1cc(-c2cccs2)on1. The molecule has 1 unspecified atom stereocenters. The summed E-state index contributed by atoms with van der Waals surface area (Å²) in [5.74, 6) is 0.838. The first-order valence-electron chi connectivity index (χ1n) is 6.69. The van der Waals surface area contributed by atoms with Crippen LogP contribution >= 0.6 is 11.3 Å². The number of nitrogens with one attached hydrogen (secondary N) is 1. The summed E-state index contributed by atoms with van der Waals surface area (Å²) >= 11 is 1.56. The second-order valence-electron chi connectivity index (χ2n) is 4.85. The van der Waals surface area contributed by atoms with Crippen molar-refractivity contribution in [3.63, 3.8) is 0 Å². The van der Waals surface area contributed by atoms with Crippen molar-refractivity contribution in [2.45, 2.75) is 12.8 Å². The summed E-state index contributed by atoms with van der Waals surface area (Å²) in [7, 11) is 0. The molecule has 1 aliphatic heterocycles. The number of aromatic nitrogens is 1. The highest BCUT2D eigenvalue weighted by atomic mass is 32.1. The molecule has 106 valence electrons. The van der Waals surface area contributed by atoms with Crippen LogP contribution in [0.15, 0.2) is 28.1 Å². The minimum atomic E-state index is -0.192. The highest BCUT2D eigenvalue weighted by Gasteiger charge is 2.18. The Bertz CT molecular complexity index is 559. The van der Waals surface area contributed by atoms with Crippen molar-refractivity contribution in [3.05, 3.63) is 29.3 Å². The Balaban J connectivity index is 1.57. The lowest BCUT2D eigenvalue weighted by Crippen LogP contribution is -2.33. The molecule has 6 heteroatoms. The molecule has 1 saturated heterocycles. The van der Waals surface area contributed by atoms with E-state index in [1.807, 2.05) is 17.5 Å². The van der Waals surface area contributed by atoms with Crippen molar-refractivity contribution in [3.8, 4) is 10.6 Å². The fraction of sp³-hybridized carbons (Fsp3) is 0.429. The zero-order valence-corrected chi connectivity index (χ0v) is 11.8. The Morgan fingerprint density at radius 3 is 3.25 bits per heavy atom. The molecule has 0 aliphatic carbocycles. The normalized spacial score (nSPS) is 18.9. The Kier molecular flexibility index (Phi) is 4.13. The zero-order chi connectivity index (χ0) is 13.8. The maximum absolute atomic E-state index is 12.0. The van der Waals surface area contributed by atoms with Crippen LogP contribution in [0, 0.1) is 5.92 Å². The molecule has 5 nitrogen and oxygen atoms in total. The quantitative estimate of drug-likeness (QED) is 0.940. The van der Waals surface area contributed by atoms with Crippen LogP contribution in [0.2, 0.25) is 0 Å². The summed E-state index contributed by atoms with van der Waals surface area (Å²) in [6.07, 6.45) is 2.16. The minimum absolute atomic E-state index is 0.192. The number of hydrogen-bond donors (Lipinski definition) is 1. The van der Waals surface area contributed by atoms with Gasteiger partial charge in [0, 0.05) is 19.2 Å². The predicted molar refractivity (Wildman–Crippen MR) is 75.7 cm³/mol. The van der Waals surface area contributed by atoms with Crippen LogP contribution in [0.1, 0.15) is 23.3 Å². The Hall–Kier alpha value is -1.66. The van der Waals surface area contributed by atoms with Gasteiger partial charge in [-0.15, -0.1) is 11.3 Å². The Morgan fingerprint density at radius 1 is 1.55 bits per heavy atom. The maximum Gasteiger partial charge on any atom is 0.273 e. The monoisotopic (exact) mass is 292 g/mol. The van der Waals surface area contributed by atoms with Gasteiger partial charge >= 0.3 is 0 Å². The molecule has 0 bridgehead atoms. The van der Waals surface area contributed by atoms with E-state index in [9.17, 15) is 4.79 Å². The van der Waals surface area contributed by atoms with Gasteiger partial charge in [-0.2, -0.15) is 0 Å². The van der Waals surface area contributed by atoms with Crippen LogP contribution in [-0.4, -0.2) is 30.8 Å². The highest BCUT2D eigenvalue weighted by Crippen LogP contribution is 2.25. The van der Waals surface area contributed by atoms with Crippen molar-refractivity contribution in [1.82, 2.24) is 10.5 Å². The topological polar surface area (TPSA) is 64.4 Å². The molecule has 1 fully saturated rings. The lowest BCUT2D eigenvalue weighted by Gasteiger charge is -2.21. The van der Waals surface area contributed by atoms with Crippen molar-refractivity contribution in [2.75, 3.05) is 19.8 Å². The van der Waals surface area contributed by atoms with Gasteiger partial charge in [-0.3, -0.25) is 4.79 Å². The average molecular weight is 292 g/mol. The van der Waals surface area contributed by atoms with Crippen molar-refractivity contribution >= 4 is 17.2 Å². The lowest BCUT2D eigenvalue weighted by atomic mass is 10.0. The zero-order valence-electron chi connectivity index (χ0n) is 11.0. The second-order valence-corrected chi connectivity index (χ2v) is 5.79. The van der Waals surface area contributed by atoms with Gasteiger partial charge in [0.15, 0.2) is 11.5 Å². The molecule has 2 aromatic rings. The molecule has 2 aromatic heterocycles. The number of thiophene rings is 1. The Labute approximate surface area is 120 Å². The predicted octanol–water partition coefficient (Wildman–Crippen LogP) is 2.56. The highest BCUT2D eigenvalue weighted by molar-refractivity contribution is 7.13. The van der Waals surface area contributed by atoms with Crippen LogP contribution in [0.3, 0.4) is 0 Å². The van der Waals surface area contributed by atoms with Gasteiger partial charge in [-0.05, 0) is 30.2 Å². The van der Waals surface area contributed by atoms with Gasteiger partial charge in [-0.1, -0.05) is 11.2 Å². The standard InChI is InChI=1S/C14H16N2O3S/c17-14(15-8-10-3-1-5-18-9-10)11-7-12(19-16-11)13-4-2-6-20-13/h2,4,6-7,10H,1,3,5,8-9H2,(H,15,17). The van der Waals surface area contributed by atoms with Gasteiger partial charge in [0.25, 0.3) is 5.91 Å².